The van der Waals surface area contributed by atoms with E-state index in [2.05, 4.69) is 10.6 Å². The minimum atomic E-state index is -1.17. The Bertz CT molecular complexity index is 1000. The van der Waals surface area contributed by atoms with Crippen molar-refractivity contribution in [1.82, 2.24) is 10.6 Å². The molecule has 0 unspecified atom stereocenters. The first kappa shape index (κ1) is 33.5. The summed E-state index contributed by atoms with van der Waals surface area (Å²) in [6.07, 6.45) is -1.96. The third-order valence-electron chi connectivity index (χ3n) is 5.91. The lowest BCUT2D eigenvalue weighted by Crippen LogP contribution is -2.66. The van der Waals surface area contributed by atoms with Crippen molar-refractivity contribution >= 4 is 29.9 Å². The first-order valence-corrected chi connectivity index (χ1v) is 13.5. The minimum absolute atomic E-state index is 0.203. The van der Waals surface area contributed by atoms with Gasteiger partial charge in [0.25, 0.3) is 0 Å². The van der Waals surface area contributed by atoms with Gasteiger partial charge in [0.2, 0.25) is 5.91 Å². The van der Waals surface area contributed by atoms with Gasteiger partial charge in [-0.25, -0.2) is 4.79 Å². The number of hydrogen-bond acceptors (Lipinski definition) is 11. The maximum atomic E-state index is 12.0. The van der Waals surface area contributed by atoms with Crippen LogP contribution in [-0.4, -0.2) is 80.3 Å². The number of amides is 2. The lowest BCUT2D eigenvalue weighted by molar-refractivity contribution is -0.277. The molecule has 2 N–H and O–H groups in total. The Labute approximate surface area is 239 Å². The predicted octanol–water partition coefficient (Wildman–Crippen LogP) is 2.15. The van der Waals surface area contributed by atoms with E-state index in [1.807, 2.05) is 30.3 Å². The summed E-state index contributed by atoms with van der Waals surface area (Å²) in [7, 11) is 0. The fourth-order valence-corrected chi connectivity index (χ4v) is 4.18. The number of unbranched alkanes of at least 4 members (excludes halogenated alkanes) is 3. The Morgan fingerprint density at radius 3 is 2.10 bits per heavy atom. The Hall–Kier alpha value is -3.71. The third-order valence-corrected chi connectivity index (χ3v) is 5.91. The highest BCUT2D eigenvalue weighted by molar-refractivity contribution is 5.73. The SMILES string of the molecule is CC(=O)N[C@H]1[C@H](OCCCCCCNC(=O)OCc2ccccc2)O[C@H](COC(C)=O)[C@H](OC(C)=O)[C@@H]1OC(C)=O. The molecule has 1 aromatic carbocycles. The molecular weight excluding hydrogens is 540 g/mol. The molecule has 1 heterocycles. The van der Waals surface area contributed by atoms with E-state index in [0.717, 1.165) is 24.8 Å². The van der Waals surface area contributed by atoms with E-state index >= 15 is 0 Å². The van der Waals surface area contributed by atoms with Crippen LogP contribution < -0.4 is 10.6 Å². The fourth-order valence-electron chi connectivity index (χ4n) is 4.18. The van der Waals surface area contributed by atoms with Gasteiger partial charge < -0.3 is 39.1 Å². The fraction of sp³-hybridized carbons (Fsp3) is 0.607. The average Bonchev–Trinajstić information content (AvgIpc) is 2.90. The van der Waals surface area contributed by atoms with Crippen molar-refractivity contribution in [3.8, 4) is 0 Å². The van der Waals surface area contributed by atoms with E-state index in [4.69, 9.17) is 28.4 Å². The van der Waals surface area contributed by atoms with Crippen molar-refractivity contribution in [2.45, 2.75) is 90.6 Å². The van der Waals surface area contributed by atoms with E-state index < -0.39 is 60.6 Å². The van der Waals surface area contributed by atoms with Gasteiger partial charge in [0.1, 0.15) is 25.4 Å². The highest BCUT2D eigenvalue weighted by Gasteiger charge is 2.51. The van der Waals surface area contributed by atoms with Crippen LogP contribution in [0.4, 0.5) is 4.79 Å². The van der Waals surface area contributed by atoms with Gasteiger partial charge in [-0.05, 0) is 18.4 Å². The van der Waals surface area contributed by atoms with Crippen LogP contribution in [0.2, 0.25) is 0 Å². The van der Waals surface area contributed by atoms with E-state index in [1.165, 1.54) is 27.7 Å². The maximum absolute atomic E-state index is 12.0. The van der Waals surface area contributed by atoms with Gasteiger partial charge in [-0.15, -0.1) is 0 Å². The molecule has 0 radical (unpaired) electrons. The zero-order chi connectivity index (χ0) is 30.2. The van der Waals surface area contributed by atoms with Crippen LogP contribution in [0.5, 0.6) is 0 Å². The van der Waals surface area contributed by atoms with Crippen molar-refractivity contribution in [3.63, 3.8) is 0 Å². The first-order valence-electron chi connectivity index (χ1n) is 13.5. The zero-order valence-electron chi connectivity index (χ0n) is 23.9. The molecular formula is C28H40N2O11. The largest absolute Gasteiger partial charge is 0.463 e. The molecule has 13 heteroatoms. The van der Waals surface area contributed by atoms with Crippen molar-refractivity contribution in [1.29, 1.82) is 0 Å². The summed E-state index contributed by atoms with van der Waals surface area (Å²) < 4.78 is 32.9. The van der Waals surface area contributed by atoms with Crippen molar-refractivity contribution in [2.75, 3.05) is 19.8 Å². The molecule has 1 aliphatic heterocycles. The van der Waals surface area contributed by atoms with Gasteiger partial charge in [-0.1, -0.05) is 43.2 Å². The molecule has 0 saturated carbocycles. The summed E-state index contributed by atoms with van der Waals surface area (Å²) in [5.74, 6) is -2.38. The normalized spacial score (nSPS) is 21.7. The highest BCUT2D eigenvalue weighted by Crippen LogP contribution is 2.28. The van der Waals surface area contributed by atoms with Crippen LogP contribution >= 0.6 is 0 Å². The summed E-state index contributed by atoms with van der Waals surface area (Å²) >= 11 is 0. The molecule has 1 saturated heterocycles. The zero-order valence-corrected chi connectivity index (χ0v) is 23.9. The average molecular weight is 581 g/mol. The van der Waals surface area contributed by atoms with Crippen LogP contribution in [0.1, 0.15) is 58.9 Å². The van der Waals surface area contributed by atoms with Crippen LogP contribution in [0.15, 0.2) is 30.3 Å². The van der Waals surface area contributed by atoms with Crippen molar-refractivity contribution < 1.29 is 52.4 Å². The molecule has 5 atom stereocenters. The Balaban J connectivity index is 1.86. The lowest BCUT2D eigenvalue weighted by Gasteiger charge is -2.44. The Kier molecular flexibility index (Phi) is 14.6. The summed E-state index contributed by atoms with van der Waals surface area (Å²) in [5.41, 5.74) is 0.907. The summed E-state index contributed by atoms with van der Waals surface area (Å²) in [6, 6.07) is 8.39. The van der Waals surface area contributed by atoms with Gasteiger partial charge in [0.15, 0.2) is 18.5 Å². The van der Waals surface area contributed by atoms with E-state index in [9.17, 15) is 24.0 Å². The molecule has 1 fully saturated rings. The summed E-state index contributed by atoms with van der Waals surface area (Å²) in [5, 5.41) is 5.38. The van der Waals surface area contributed by atoms with Gasteiger partial charge in [-0.2, -0.15) is 0 Å². The Morgan fingerprint density at radius 2 is 1.46 bits per heavy atom. The second-order valence-electron chi connectivity index (χ2n) is 9.49. The highest BCUT2D eigenvalue weighted by atomic mass is 16.7. The van der Waals surface area contributed by atoms with E-state index in [0.29, 0.717) is 13.0 Å². The number of benzene rings is 1. The molecule has 0 aliphatic carbocycles. The second kappa shape index (κ2) is 17.9. The van der Waals surface area contributed by atoms with Crippen LogP contribution in [-0.2, 0) is 54.2 Å². The molecule has 1 aromatic rings. The Morgan fingerprint density at radius 1 is 0.805 bits per heavy atom. The topological polar surface area (TPSA) is 165 Å². The van der Waals surface area contributed by atoms with Gasteiger partial charge in [0, 0.05) is 40.8 Å². The number of alkyl carbamates (subject to hydrolysis) is 1. The standard InChI is InChI=1S/C28H40N2O11/c1-18(31)30-24-26(40-21(4)34)25(39-20(3)33)23(17-37-19(2)32)41-27(24)36-15-11-6-5-10-14-29-28(35)38-16-22-12-8-7-9-13-22/h7-9,12-13,23-27H,5-6,10-11,14-17H2,1-4H3,(H,29,35)(H,30,31)/t23-,24-,25+,26-,27-/m1/s1. The number of nitrogens with one attached hydrogen (secondary N) is 2. The lowest BCUT2D eigenvalue weighted by atomic mass is 9.96. The number of rotatable bonds is 15. The first-order chi connectivity index (χ1) is 19.6. The molecule has 0 aromatic heterocycles. The monoisotopic (exact) mass is 580 g/mol. The van der Waals surface area contributed by atoms with Crippen molar-refractivity contribution in [2.24, 2.45) is 0 Å². The number of carbonyl (C=O) groups is 5. The summed E-state index contributed by atoms with van der Waals surface area (Å²) in [6.45, 7) is 5.45. The van der Waals surface area contributed by atoms with Crippen LogP contribution in [0.25, 0.3) is 0 Å². The second-order valence-corrected chi connectivity index (χ2v) is 9.49. The minimum Gasteiger partial charge on any atom is -0.463 e. The molecule has 228 valence electrons. The van der Waals surface area contributed by atoms with E-state index in [1.54, 1.807) is 0 Å². The van der Waals surface area contributed by atoms with Gasteiger partial charge in [0.05, 0.1) is 0 Å². The quantitative estimate of drug-likeness (QED) is 0.177. The summed E-state index contributed by atoms with van der Waals surface area (Å²) in [4.78, 5) is 59.0. The van der Waals surface area contributed by atoms with Gasteiger partial charge >= 0.3 is 24.0 Å². The molecule has 41 heavy (non-hydrogen) atoms. The number of esters is 3. The maximum Gasteiger partial charge on any atom is 0.407 e. The molecule has 13 nitrogen and oxygen atoms in total. The molecule has 2 amide bonds. The number of ether oxygens (including phenoxy) is 6. The molecule has 0 spiro atoms. The van der Waals surface area contributed by atoms with Crippen molar-refractivity contribution in [3.05, 3.63) is 35.9 Å². The predicted molar refractivity (Wildman–Crippen MR) is 143 cm³/mol. The van der Waals surface area contributed by atoms with E-state index in [-0.39, 0.29) is 19.8 Å². The number of hydrogen-bond donors (Lipinski definition) is 2. The molecule has 2 rings (SSSR count). The molecule has 0 bridgehead atoms. The van der Waals surface area contributed by atoms with Gasteiger partial charge in [-0.3, -0.25) is 19.2 Å². The molecule has 1 aliphatic rings. The smallest absolute Gasteiger partial charge is 0.407 e. The third kappa shape index (κ3) is 13.0. The number of carbonyl (C=O) groups excluding carboxylic acids is 5. The van der Waals surface area contributed by atoms with Crippen LogP contribution in [0, 0.1) is 0 Å². The van der Waals surface area contributed by atoms with Crippen LogP contribution in [0.3, 0.4) is 0 Å².